The van der Waals surface area contributed by atoms with Gasteiger partial charge in [0.15, 0.2) is 0 Å². The first kappa shape index (κ1) is 18.0. The van der Waals surface area contributed by atoms with Gasteiger partial charge in [0.25, 0.3) is 0 Å². The molecule has 0 unspecified atom stereocenters. The highest BCUT2D eigenvalue weighted by Gasteiger charge is 2.16. The summed E-state index contributed by atoms with van der Waals surface area (Å²) < 4.78 is 5.91. The topological polar surface area (TPSA) is 65.6 Å². The van der Waals surface area contributed by atoms with Crippen molar-refractivity contribution in [2.45, 2.75) is 11.3 Å². The van der Waals surface area contributed by atoms with E-state index in [-0.39, 0.29) is 10.8 Å². The van der Waals surface area contributed by atoms with E-state index < -0.39 is 0 Å². The lowest BCUT2D eigenvalue weighted by molar-refractivity contribution is 0.324. The Hall–Kier alpha value is -2.38. The third-order valence-corrected chi connectivity index (χ3v) is 6.36. The molecule has 0 bridgehead atoms. The lowest BCUT2D eigenvalue weighted by Gasteiger charge is -2.30. The highest BCUT2D eigenvalue weighted by atomic mass is 32.2. The lowest BCUT2D eigenvalue weighted by Crippen LogP contribution is -2.33. The fraction of sp³-hybridized carbons (Fsp3) is 0.250. The number of aromatic nitrogens is 1. The van der Waals surface area contributed by atoms with Crippen molar-refractivity contribution in [3.8, 4) is 11.6 Å². The summed E-state index contributed by atoms with van der Waals surface area (Å²) in [6, 6.07) is 16.3. The number of nitrogens with zero attached hydrogens (tertiary/aromatic N) is 1. The number of thioether (sulfide) groups is 1. The maximum Gasteiger partial charge on any atom is 0.307 e. The van der Waals surface area contributed by atoms with Crippen molar-refractivity contribution in [1.29, 1.82) is 0 Å². The number of aromatic amines is 1. The molecule has 4 rings (SSSR count). The van der Waals surface area contributed by atoms with Crippen molar-refractivity contribution in [3.05, 3.63) is 68.6 Å². The van der Waals surface area contributed by atoms with Gasteiger partial charge in [0.05, 0.1) is 17.1 Å². The van der Waals surface area contributed by atoms with Crippen LogP contribution in [0.4, 0.5) is 5.69 Å². The molecule has 0 radical (unpaired) electrons. The number of hydrogen-bond acceptors (Lipinski definition) is 6. The zero-order valence-corrected chi connectivity index (χ0v) is 16.3. The summed E-state index contributed by atoms with van der Waals surface area (Å²) in [6.07, 6.45) is 0.526. The van der Waals surface area contributed by atoms with Gasteiger partial charge in [0.2, 0.25) is 5.88 Å². The number of hydrogen-bond donors (Lipinski definition) is 2. The molecule has 3 aromatic rings. The number of rotatable bonds is 6. The first-order chi connectivity index (χ1) is 13.2. The summed E-state index contributed by atoms with van der Waals surface area (Å²) in [5, 5.41) is 9.68. The van der Waals surface area contributed by atoms with Crippen LogP contribution in [0.5, 0.6) is 11.6 Å². The van der Waals surface area contributed by atoms with Crippen LogP contribution in [0.2, 0.25) is 0 Å². The normalized spacial score (nSPS) is 13.4. The molecule has 2 aromatic carbocycles. The van der Waals surface area contributed by atoms with Gasteiger partial charge in [-0.3, -0.25) is 9.78 Å². The first-order valence-corrected chi connectivity index (χ1v) is 10.6. The van der Waals surface area contributed by atoms with E-state index >= 15 is 0 Å². The Bertz CT molecular complexity index is 966. The van der Waals surface area contributed by atoms with E-state index in [1.165, 1.54) is 10.6 Å². The molecular formula is C20H20N2O3S2. The molecule has 2 N–H and O–H groups in total. The van der Waals surface area contributed by atoms with Crippen molar-refractivity contribution in [2.24, 2.45) is 0 Å². The van der Waals surface area contributed by atoms with Crippen LogP contribution in [0.25, 0.3) is 0 Å². The van der Waals surface area contributed by atoms with Gasteiger partial charge in [-0.05, 0) is 29.8 Å². The van der Waals surface area contributed by atoms with Gasteiger partial charge in [0, 0.05) is 23.6 Å². The molecule has 0 saturated heterocycles. The smallest absolute Gasteiger partial charge is 0.307 e. The molecule has 0 fully saturated rings. The molecular weight excluding hydrogens is 380 g/mol. The van der Waals surface area contributed by atoms with Crippen LogP contribution in [0, 0.1) is 0 Å². The number of aromatic hydroxyl groups is 1. The second kappa shape index (κ2) is 8.10. The predicted octanol–water partition coefficient (Wildman–Crippen LogP) is 3.72. The molecule has 0 amide bonds. The lowest BCUT2D eigenvalue weighted by atomic mass is 10.1. The quantitative estimate of drug-likeness (QED) is 0.660. The minimum Gasteiger partial charge on any atom is -0.494 e. The van der Waals surface area contributed by atoms with Crippen molar-refractivity contribution in [1.82, 2.24) is 4.98 Å². The Kier molecular flexibility index (Phi) is 5.40. The number of benzene rings is 2. The SMILES string of the molecule is O=c1[nH]c(O)c(Cc2ccc(OCCN3CCSc4ccccc43)cc2)s1. The van der Waals surface area contributed by atoms with Crippen molar-refractivity contribution in [3.63, 3.8) is 0 Å². The molecule has 0 atom stereocenters. The van der Waals surface area contributed by atoms with Crippen molar-refractivity contribution in [2.75, 3.05) is 30.3 Å². The third kappa shape index (κ3) is 4.31. The minimum absolute atomic E-state index is 0.0368. The Morgan fingerprint density at radius 3 is 2.74 bits per heavy atom. The van der Waals surface area contributed by atoms with Gasteiger partial charge in [-0.25, -0.2) is 0 Å². The fourth-order valence-electron chi connectivity index (χ4n) is 3.09. The first-order valence-electron chi connectivity index (χ1n) is 8.78. The zero-order chi connectivity index (χ0) is 18.6. The van der Waals surface area contributed by atoms with Gasteiger partial charge >= 0.3 is 4.87 Å². The maximum absolute atomic E-state index is 11.3. The summed E-state index contributed by atoms with van der Waals surface area (Å²) in [5.74, 6) is 1.89. The van der Waals surface area contributed by atoms with Crippen LogP contribution in [-0.2, 0) is 6.42 Å². The molecule has 0 aliphatic carbocycles. The molecule has 2 heterocycles. The monoisotopic (exact) mass is 400 g/mol. The van der Waals surface area contributed by atoms with Gasteiger partial charge in [0.1, 0.15) is 12.4 Å². The molecule has 1 aliphatic rings. The van der Waals surface area contributed by atoms with Crippen LogP contribution >= 0.6 is 23.1 Å². The second-order valence-corrected chi connectivity index (χ2v) is 8.46. The molecule has 27 heavy (non-hydrogen) atoms. The van der Waals surface area contributed by atoms with E-state index in [0.717, 1.165) is 41.5 Å². The average molecular weight is 401 g/mol. The molecule has 1 aromatic heterocycles. The van der Waals surface area contributed by atoms with E-state index in [1.54, 1.807) is 0 Å². The molecule has 0 saturated carbocycles. The van der Waals surface area contributed by atoms with Gasteiger partial charge in [-0.1, -0.05) is 35.6 Å². The summed E-state index contributed by atoms with van der Waals surface area (Å²) in [4.78, 5) is 17.8. The Morgan fingerprint density at radius 1 is 1.15 bits per heavy atom. The molecule has 5 nitrogen and oxygen atoms in total. The third-order valence-electron chi connectivity index (χ3n) is 4.44. The number of anilines is 1. The number of fused-ring (bicyclic) bond motifs is 1. The summed E-state index contributed by atoms with van der Waals surface area (Å²) >= 11 is 2.94. The highest BCUT2D eigenvalue weighted by molar-refractivity contribution is 7.99. The molecule has 7 heteroatoms. The standard InChI is InChI=1S/C20H20N2O3S2/c23-19-18(27-20(24)21-19)13-14-5-7-15(8-6-14)25-11-9-22-10-12-26-17-4-2-1-3-16(17)22/h1-8,23H,9-13H2,(H,21,24). The predicted molar refractivity (Wildman–Crippen MR) is 111 cm³/mol. The molecule has 1 aliphatic heterocycles. The number of thiazole rings is 1. The fourth-order valence-corrected chi connectivity index (χ4v) is 4.90. The van der Waals surface area contributed by atoms with Crippen LogP contribution in [0.3, 0.4) is 0 Å². The summed E-state index contributed by atoms with van der Waals surface area (Å²) in [7, 11) is 0. The highest BCUT2D eigenvalue weighted by Crippen LogP contribution is 2.34. The van der Waals surface area contributed by atoms with E-state index in [1.807, 2.05) is 36.0 Å². The summed E-state index contributed by atoms with van der Waals surface area (Å²) in [6.45, 7) is 2.51. The minimum atomic E-state index is -0.236. The number of ether oxygens (including phenoxy) is 1. The van der Waals surface area contributed by atoms with E-state index in [0.29, 0.717) is 17.9 Å². The average Bonchev–Trinajstić information content (AvgIpc) is 3.00. The summed E-state index contributed by atoms with van der Waals surface area (Å²) in [5.41, 5.74) is 2.31. The molecule has 0 spiro atoms. The molecule has 140 valence electrons. The largest absolute Gasteiger partial charge is 0.494 e. The van der Waals surface area contributed by atoms with Crippen molar-refractivity contribution >= 4 is 28.8 Å². The van der Waals surface area contributed by atoms with E-state index in [4.69, 9.17) is 4.74 Å². The van der Waals surface area contributed by atoms with Crippen molar-refractivity contribution < 1.29 is 9.84 Å². The van der Waals surface area contributed by atoms with E-state index in [2.05, 4.69) is 34.1 Å². The number of H-pyrrole nitrogens is 1. The zero-order valence-electron chi connectivity index (χ0n) is 14.7. The Labute approximate surface area is 165 Å². The van der Waals surface area contributed by atoms with Gasteiger partial charge in [-0.15, -0.1) is 11.8 Å². The van der Waals surface area contributed by atoms with Crippen LogP contribution in [0.15, 0.2) is 58.2 Å². The van der Waals surface area contributed by atoms with Crippen LogP contribution in [-0.4, -0.2) is 35.5 Å². The van der Waals surface area contributed by atoms with Gasteiger partial charge < -0.3 is 14.7 Å². The maximum atomic E-state index is 11.3. The number of nitrogens with one attached hydrogen (secondary N) is 1. The van der Waals surface area contributed by atoms with Crippen LogP contribution in [0.1, 0.15) is 10.4 Å². The Morgan fingerprint density at radius 2 is 1.96 bits per heavy atom. The van der Waals surface area contributed by atoms with Crippen LogP contribution < -0.4 is 14.5 Å². The van der Waals surface area contributed by atoms with E-state index in [9.17, 15) is 9.90 Å². The van der Waals surface area contributed by atoms with Gasteiger partial charge in [-0.2, -0.15) is 0 Å². The number of para-hydroxylation sites is 1. The Balaban J connectivity index is 1.32. The second-order valence-electron chi connectivity index (χ2n) is 6.26.